The quantitative estimate of drug-likeness (QED) is 0.759. The minimum atomic E-state index is -3.26. The predicted molar refractivity (Wildman–Crippen MR) is 96.7 cm³/mol. The van der Waals surface area contributed by atoms with Crippen molar-refractivity contribution in [1.82, 2.24) is 4.72 Å². The van der Waals surface area contributed by atoms with Crippen molar-refractivity contribution in [3.05, 3.63) is 69.7 Å². The molecule has 0 aromatic heterocycles. The molecule has 0 heterocycles. The first-order chi connectivity index (χ1) is 11.0. The summed E-state index contributed by atoms with van der Waals surface area (Å²) in [5.74, 6) is 0.121. The van der Waals surface area contributed by atoms with Gasteiger partial charge < -0.3 is 0 Å². The minimum Gasteiger partial charge on any atom is -0.215 e. The van der Waals surface area contributed by atoms with Crippen molar-refractivity contribution in [2.75, 3.05) is 12.3 Å². The smallest absolute Gasteiger partial charge is 0.211 e. The summed E-state index contributed by atoms with van der Waals surface area (Å²) in [5, 5.41) is 1.13. The molecule has 0 saturated carbocycles. The lowest BCUT2D eigenvalue weighted by Gasteiger charge is -2.08. The predicted octanol–water partition coefficient (Wildman–Crippen LogP) is 4.09. The zero-order valence-electron chi connectivity index (χ0n) is 12.6. The fourth-order valence-electron chi connectivity index (χ4n) is 2.25. The van der Waals surface area contributed by atoms with Gasteiger partial charge in [-0.2, -0.15) is 0 Å². The van der Waals surface area contributed by atoms with Crippen LogP contribution < -0.4 is 4.72 Å². The molecular formula is C17H19Cl2NO2S. The largest absolute Gasteiger partial charge is 0.215 e. The lowest BCUT2D eigenvalue weighted by molar-refractivity contribution is 0.579. The second-order valence-electron chi connectivity index (χ2n) is 5.29. The molecule has 0 aliphatic carbocycles. The Morgan fingerprint density at radius 2 is 1.70 bits per heavy atom. The number of sulfonamides is 1. The number of hydrogen-bond acceptors (Lipinski definition) is 2. The third kappa shape index (κ3) is 6.51. The highest BCUT2D eigenvalue weighted by molar-refractivity contribution is 7.89. The molecule has 1 N–H and O–H groups in total. The van der Waals surface area contributed by atoms with Crippen molar-refractivity contribution < 1.29 is 8.42 Å². The maximum absolute atomic E-state index is 12.0. The highest BCUT2D eigenvalue weighted by atomic mass is 35.5. The number of hydrogen-bond donors (Lipinski definition) is 1. The molecular weight excluding hydrogens is 353 g/mol. The Balaban J connectivity index is 1.75. The van der Waals surface area contributed by atoms with E-state index in [1.807, 2.05) is 36.4 Å². The number of rotatable bonds is 8. The molecule has 0 aliphatic rings. The lowest BCUT2D eigenvalue weighted by Crippen LogP contribution is -2.28. The van der Waals surface area contributed by atoms with Crippen molar-refractivity contribution >= 4 is 33.2 Å². The highest BCUT2D eigenvalue weighted by Gasteiger charge is 2.10. The Hall–Kier alpha value is -1.07. The van der Waals surface area contributed by atoms with Crippen molar-refractivity contribution in [3.8, 4) is 0 Å². The van der Waals surface area contributed by atoms with Crippen LogP contribution in [-0.2, 0) is 22.9 Å². The molecule has 2 rings (SSSR count). The maximum atomic E-state index is 12.0. The van der Waals surface area contributed by atoms with Gasteiger partial charge in [-0.25, -0.2) is 13.1 Å². The van der Waals surface area contributed by atoms with Crippen LogP contribution in [0, 0.1) is 0 Å². The van der Waals surface area contributed by atoms with Gasteiger partial charge in [0.1, 0.15) is 0 Å². The third-order valence-corrected chi connectivity index (χ3v) is 5.51. The van der Waals surface area contributed by atoms with E-state index >= 15 is 0 Å². The second-order valence-corrected chi connectivity index (χ2v) is 8.06. The second kappa shape index (κ2) is 8.69. The number of aryl methyl sites for hydroxylation is 1. The van der Waals surface area contributed by atoms with E-state index in [1.165, 1.54) is 0 Å². The van der Waals surface area contributed by atoms with Crippen LogP contribution in [0.5, 0.6) is 0 Å². The zero-order chi connectivity index (χ0) is 16.7. The normalized spacial score (nSPS) is 11.6. The van der Waals surface area contributed by atoms with Crippen molar-refractivity contribution in [1.29, 1.82) is 0 Å². The van der Waals surface area contributed by atoms with E-state index in [2.05, 4.69) is 4.72 Å². The summed E-state index contributed by atoms with van der Waals surface area (Å²) in [6.07, 6.45) is 1.89. The maximum Gasteiger partial charge on any atom is 0.211 e. The summed E-state index contributed by atoms with van der Waals surface area (Å²) in [6, 6.07) is 15.1. The van der Waals surface area contributed by atoms with Gasteiger partial charge in [-0.3, -0.25) is 0 Å². The van der Waals surface area contributed by atoms with Crippen LogP contribution in [0.2, 0.25) is 10.0 Å². The highest BCUT2D eigenvalue weighted by Crippen LogP contribution is 2.21. The fraction of sp³-hybridized carbons (Fsp3) is 0.294. The van der Waals surface area contributed by atoms with Gasteiger partial charge in [-0.15, -0.1) is 0 Å². The summed E-state index contributed by atoms with van der Waals surface area (Å²) in [4.78, 5) is 0. The molecule has 124 valence electrons. The standard InChI is InChI=1S/C17H19Cl2NO2S/c18-16-9-8-15(17(19)13-16)10-11-20-23(21,22)12-4-7-14-5-2-1-3-6-14/h1-3,5-6,8-9,13,20H,4,7,10-12H2. The summed E-state index contributed by atoms with van der Waals surface area (Å²) < 4.78 is 26.6. The molecule has 2 aromatic carbocycles. The first kappa shape index (κ1) is 18.3. The molecule has 0 atom stereocenters. The SMILES string of the molecule is O=S(=O)(CCCc1ccccc1)NCCc1ccc(Cl)cc1Cl. The van der Waals surface area contributed by atoms with E-state index in [0.717, 1.165) is 17.5 Å². The molecule has 0 bridgehead atoms. The van der Waals surface area contributed by atoms with E-state index in [-0.39, 0.29) is 5.75 Å². The van der Waals surface area contributed by atoms with E-state index in [0.29, 0.717) is 29.4 Å². The average Bonchev–Trinajstić information content (AvgIpc) is 2.50. The van der Waals surface area contributed by atoms with Gasteiger partial charge >= 0.3 is 0 Å². The van der Waals surface area contributed by atoms with Crippen LogP contribution in [-0.4, -0.2) is 20.7 Å². The molecule has 6 heteroatoms. The van der Waals surface area contributed by atoms with E-state index in [1.54, 1.807) is 12.1 Å². The molecule has 3 nitrogen and oxygen atoms in total. The molecule has 0 fully saturated rings. The molecule has 2 aromatic rings. The number of benzene rings is 2. The van der Waals surface area contributed by atoms with Crippen LogP contribution in [0.4, 0.5) is 0 Å². The van der Waals surface area contributed by atoms with Crippen molar-refractivity contribution in [2.45, 2.75) is 19.3 Å². The van der Waals surface area contributed by atoms with E-state index < -0.39 is 10.0 Å². The molecule has 0 amide bonds. The third-order valence-electron chi connectivity index (χ3n) is 3.45. The van der Waals surface area contributed by atoms with Crippen LogP contribution in [0.1, 0.15) is 17.5 Å². The molecule has 0 unspecified atom stereocenters. The van der Waals surface area contributed by atoms with Gasteiger partial charge in [0.05, 0.1) is 5.75 Å². The number of nitrogens with one attached hydrogen (secondary N) is 1. The van der Waals surface area contributed by atoms with Crippen LogP contribution in [0.25, 0.3) is 0 Å². The van der Waals surface area contributed by atoms with Crippen molar-refractivity contribution in [3.63, 3.8) is 0 Å². The molecule has 0 spiro atoms. The molecule has 0 aliphatic heterocycles. The Kier molecular flexibility index (Phi) is 6.90. The fourth-order valence-corrected chi connectivity index (χ4v) is 3.83. The van der Waals surface area contributed by atoms with Gasteiger partial charge in [0, 0.05) is 16.6 Å². The lowest BCUT2D eigenvalue weighted by atomic mass is 10.1. The Bertz CT molecular complexity index is 734. The van der Waals surface area contributed by atoms with Gasteiger partial charge in [-0.05, 0) is 42.5 Å². The number of halogens is 2. The molecule has 0 radical (unpaired) electrons. The zero-order valence-corrected chi connectivity index (χ0v) is 15.0. The monoisotopic (exact) mass is 371 g/mol. The minimum absolute atomic E-state index is 0.121. The topological polar surface area (TPSA) is 46.2 Å². The van der Waals surface area contributed by atoms with Crippen molar-refractivity contribution in [2.24, 2.45) is 0 Å². The summed E-state index contributed by atoms with van der Waals surface area (Å²) >= 11 is 11.9. The summed E-state index contributed by atoms with van der Waals surface area (Å²) in [7, 11) is -3.26. The Morgan fingerprint density at radius 3 is 2.39 bits per heavy atom. The van der Waals surface area contributed by atoms with Crippen LogP contribution in [0.3, 0.4) is 0 Å². The van der Waals surface area contributed by atoms with E-state index in [9.17, 15) is 8.42 Å². The average molecular weight is 372 g/mol. The molecule has 23 heavy (non-hydrogen) atoms. The van der Waals surface area contributed by atoms with Gasteiger partial charge in [0.2, 0.25) is 10.0 Å². The molecule has 0 saturated heterocycles. The van der Waals surface area contributed by atoms with Crippen LogP contribution >= 0.6 is 23.2 Å². The first-order valence-electron chi connectivity index (χ1n) is 7.41. The van der Waals surface area contributed by atoms with Gasteiger partial charge in [0.15, 0.2) is 0 Å². The van der Waals surface area contributed by atoms with Crippen LogP contribution in [0.15, 0.2) is 48.5 Å². The van der Waals surface area contributed by atoms with E-state index in [4.69, 9.17) is 23.2 Å². The summed E-state index contributed by atoms with van der Waals surface area (Å²) in [6.45, 7) is 0.328. The van der Waals surface area contributed by atoms with Gasteiger partial charge in [-0.1, -0.05) is 59.6 Å². The summed E-state index contributed by atoms with van der Waals surface area (Å²) in [5.41, 5.74) is 2.03. The Labute approximate surface area is 147 Å². The Morgan fingerprint density at radius 1 is 0.957 bits per heavy atom. The van der Waals surface area contributed by atoms with Gasteiger partial charge in [0.25, 0.3) is 0 Å². The first-order valence-corrected chi connectivity index (χ1v) is 9.82.